The van der Waals surface area contributed by atoms with E-state index in [4.69, 9.17) is 0 Å². The van der Waals surface area contributed by atoms with Crippen LogP contribution in [0.4, 0.5) is 12.9 Å². The van der Waals surface area contributed by atoms with Crippen LogP contribution in [0.1, 0.15) is 16.7 Å². The monoisotopic (exact) mass is 395 g/mol. The van der Waals surface area contributed by atoms with Crippen molar-refractivity contribution in [1.82, 2.24) is 0 Å². The van der Waals surface area contributed by atoms with Gasteiger partial charge in [0.1, 0.15) is 8.07 Å². The van der Waals surface area contributed by atoms with Gasteiger partial charge in [0.15, 0.2) is 0 Å². The largest absolute Gasteiger partial charge is 0.482 e. The summed E-state index contributed by atoms with van der Waals surface area (Å²) in [4.78, 5) is 0. The molecule has 0 heterocycles. The van der Waals surface area contributed by atoms with Gasteiger partial charge in [-0.05, 0) is 47.2 Å². The van der Waals surface area contributed by atoms with Gasteiger partial charge in [0.2, 0.25) is 0 Å². The lowest BCUT2D eigenvalue weighted by molar-refractivity contribution is 0.468. The van der Waals surface area contributed by atoms with Gasteiger partial charge in [0.25, 0.3) is 0 Å². The van der Waals surface area contributed by atoms with Crippen molar-refractivity contribution in [2.45, 2.75) is 32.9 Å². The van der Waals surface area contributed by atoms with Gasteiger partial charge in [-0.2, -0.15) is 0 Å². The maximum absolute atomic E-state index is 12.6. The minimum atomic E-state index is -4.81. The van der Waals surface area contributed by atoms with Crippen molar-refractivity contribution in [1.29, 1.82) is 0 Å². The molecule has 0 aliphatic carbocycles. The fraction of sp³-hybridized carbons (Fsp3) is 0.385. The van der Waals surface area contributed by atoms with E-state index in [2.05, 4.69) is 53.7 Å². The Morgan fingerprint density at radius 2 is 1.79 bits per heavy atom. The first kappa shape index (κ1) is 16.6. The van der Waals surface area contributed by atoms with E-state index < -0.39 is 21.4 Å². The van der Waals surface area contributed by atoms with Gasteiger partial charge in [-0.3, -0.25) is 0 Å². The third-order valence-corrected chi connectivity index (χ3v) is 4.48. The summed E-state index contributed by atoms with van der Waals surface area (Å²) in [5, 5.41) is 0. The van der Waals surface area contributed by atoms with Crippen molar-refractivity contribution in [3.05, 3.63) is 32.4 Å². The maximum atomic E-state index is 12.6. The molecule has 104 valence electrons. The molecule has 0 aliphatic rings. The zero-order chi connectivity index (χ0) is 14.8. The summed E-state index contributed by atoms with van der Waals surface area (Å²) in [7, 11) is -1.52. The van der Waals surface area contributed by atoms with Crippen LogP contribution in [0, 0.1) is 22.0 Å². The second-order valence-electron chi connectivity index (χ2n) is 5.66. The van der Waals surface area contributed by atoms with Crippen LogP contribution in [0.25, 0.3) is 0 Å². The van der Waals surface area contributed by atoms with Crippen molar-refractivity contribution in [2.24, 2.45) is 0 Å². The Balaban J connectivity index is 3.19. The highest BCUT2D eigenvalue weighted by Crippen LogP contribution is 2.24. The quantitative estimate of drug-likeness (QED) is 0.385. The molecule has 0 bridgehead atoms. The number of hydrogen-bond acceptors (Lipinski definition) is 0. The topological polar surface area (TPSA) is 0 Å². The van der Waals surface area contributed by atoms with Crippen LogP contribution >= 0.6 is 22.6 Å². The molecule has 0 radical (unpaired) electrons. The van der Waals surface area contributed by atoms with Gasteiger partial charge < -0.3 is 12.9 Å². The van der Waals surface area contributed by atoms with Crippen LogP contribution in [0.5, 0.6) is 0 Å². The predicted molar refractivity (Wildman–Crippen MR) is 86.9 cm³/mol. The first-order valence-corrected chi connectivity index (χ1v) is 10.6. The summed E-state index contributed by atoms with van der Waals surface area (Å²) in [6.07, 6.45) is -0.829. The Labute approximate surface area is 127 Å². The molecule has 0 fully saturated rings. The van der Waals surface area contributed by atoms with Crippen LogP contribution in [0.2, 0.25) is 19.6 Å². The minimum absolute atomic E-state index is 0.347. The molecular weight excluding hydrogens is 379 g/mol. The van der Waals surface area contributed by atoms with Gasteiger partial charge in [0.05, 0.1) is 0 Å². The van der Waals surface area contributed by atoms with Crippen LogP contribution in [-0.4, -0.2) is 15.1 Å². The minimum Gasteiger partial charge on any atom is -0.449 e. The molecule has 0 unspecified atom stereocenters. The van der Waals surface area contributed by atoms with Crippen LogP contribution in [-0.2, 0) is 6.32 Å². The average molecular weight is 395 g/mol. The van der Waals surface area contributed by atoms with Crippen LogP contribution in [0.15, 0.2) is 12.1 Å². The second-order valence-corrected chi connectivity index (χ2v) is 11.6. The first-order valence-electron chi connectivity index (χ1n) is 6.01. The third kappa shape index (κ3) is 6.04. The summed E-state index contributed by atoms with van der Waals surface area (Å²) in [5.74, 6) is 3.03. The zero-order valence-corrected chi connectivity index (χ0v) is 14.6. The number of hydrogen-bond donors (Lipinski definition) is 0. The molecule has 0 aliphatic heterocycles. The van der Waals surface area contributed by atoms with E-state index in [1.165, 1.54) is 0 Å². The summed E-state index contributed by atoms with van der Waals surface area (Å²) < 4.78 is 38.6. The van der Waals surface area contributed by atoms with Gasteiger partial charge in [-0.15, -0.1) is 5.54 Å². The van der Waals surface area contributed by atoms with E-state index in [1.54, 1.807) is 13.0 Å². The number of rotatable bonds is 2. The lowest BCUT2D eigenvalue weighted by Gasteiger charge is -2.17. The standard InChI is InChI=1S/C13H16BF3ISi/c1-10-12(9-14(15,16)17)7-11(8-13(10)18)5-6-19(2,3)4/h7-8H,9H2,1-4H3/q-1. The molecule has 0 N–H and O–H groups in total. The molecule has 0 atom stereocenters. The summed E-state index contributed by atoms with van der Waals surface area (Å²) in [5.41, 5.74) is 4.93. The van der Waals surface area contributed by atoms with E-state index in [9.17, 15) is 12.9 Å². The SMILES string of the molecule is Cc1c(I)cc(C#C[Si](C)(C)C)cc1C[B-](F)(F)F. The van der Waals surface area contributed by atoms with Crippen molar-refractivity contribution in [3.8, 4) is 11.5 Å². The highest BCUT2D eigenvalue weighted by molar-refractivity contribution is 14.1. The smallest absolute Gasteiger partial charge is 0.449 e. The molecule has 0 saturated carbocycles. The molecule has 1 rings (SSSR count). The van der Waals surface area contributed by atoms with E-state index in [0.717, 1.165) is 3.57 Å². The summed E-state index contributed by atoms with van der Waals surface area (Å²) in [6.45, 7) is 3.25. The Morgan fingerprint density at radius 3 is 2.26 bits per heavy atom. The van der Waals surface area contributed by atoms with Crippen LogP contribution in [0.3, 0.4) is 0 Å². The van der Waals surface area contributed by atoms with E-state index in [-0.39, 0.29) is 0 Å². The van der Waals surface area contributed by atoms with Gasteiger partial charge in [-0.25, -0.2) is 0 Å². The van der Waals surface area contributed by atoms with E-state index >= 15 is 0 Å². The summed E-state index contributed by atoms with van der Waals surface area (Å²) in [6, 6.07) is 3.44. The molecule has 1 aromatic carbocycles. The normalized spacial score (nSPS) is 12.0. The molecule has 6 heteroatoms. The molecule has 0 nitrogen and oxygen atoms in total. The Kier molecular flexibility index (Phi) is 5.18. The fourth-order valence-corrected chi connectivity index (χ4v) is 2.73. The molecule has 19 heavy (non-hydrogen) atoms. The molecule has 1 aromatic rings. The Bertz CT molecular complexity index is 536. The number of halogens is 4. The first-order chi connectivity index (χ1) is 8.48. The van der Waals surface area contributed by atoms with Gasteiger partial charge in [-0.1, -0.05) is 37.4 Å². The lowest BCUT2D eigenvalue weighted by Crippen LogP contribution is -2.20. The van der Waals surface area contributed by atoms with Crippen molar-refractivity contribution in [3.63, 3.8) is 0 Å². The van der Waals surface area contributed by atoms with Crippen molar-refractivity contribution >= 4 is 37.6 Å². The molecule has 0 spiro atoms. The maximum Gasteiger partial charge on any atom is 0.482 e. The highest BCUT2D eigenvalue weighted by atomic mass is 127. The van der Waals surface area contributed by atoms with E-state index in [0.29, 0.717) is 16.7 Å². The molecular formula is C13H16BF3ISi-. The van der Waals surface area contributed by atoms with Crippen molar-refractivity contribution < 1.29 is 12.9 Å². The number of benzene rings is 1. The molecule has 0 amide bonds. The van der Waals surface area contributed by atoms with Gasteiger partial charge in [0, 0.05) is 9.13 Å². The molecule has 0 aromatic heterocycles. The predicted octanol–water partition coefficient (Wildman–Crippen LogP) is 4.76. The van der Waals surface area contributed by atoms with Gasteiger partial charge >= 0.3 is 6.98 Å². The summed E-state index contributed by atoms with van der Waals surface area (Å²) >= 11 is 2.07. The zero-order valence-electron chi connectivity index (χ0n) is 11.5. The second kappa shape index (κ2) is 5.92. The van der Waals surface area contributed by atoms with Crippen LogP contribution < -0.4 is 0 Å². The van der Waals surface area contributed by atoms with Crippen molar-refractivity contribution in [2.75, 3.05) is 0 Å². The Hall–Kier alpha value is -0.418. The lowest BCUT2D eigenvalue weighted by atomic mass is 9.80. The average Bonchev–Trinajstić information content (AvgIpc) is 2.19. The highest BCUT2D eigenvalue weighted by Gasteiger charge is 2.24. The fourth-order valence-electron chi connectivity index (χ4n) is 1.53. The Morgan fingerprint density at radius 1 is 1.21 bits per heavy atom. The third-order valence-electron chi connectivity index (χ3n) is 2.49. The van der Waals surface area contributed by atoms with E-state index in [1.807, 2.05) is 6.07 Å². The molecule has 0 saturated heterocycles.